The molecule has 27 heavy (non-hydrogen) atoms. The average Bonchev–Trinajstić information content (AvgIpc) is 3.02. The number of likely N-dealkylation sites (N-methyl/N-ethyl adjacent to an activating group) is 1. The number of alkyl halides is 3. The number of rotatable bonds is 6. The van der Waals surface area contributed by atoms with Crippen LogP contribution >= 0.6 is 0 Å². The van der Waals surface area contributed by atoms with Gasteiger partial charge < -0.3 is 15.5 Å². The van der Waals surface area contributed by atoms with Crippen LogP contribution in [-0.4, -0.2) is 80.7 Å². The van der Waals surface area contributed by atoms with E-state index in [0.717, 1.165) is 6.54 Å². The van der Waals surface area contributed by atoms with Crippen LogP contribution in [0.25, 0.3) is 0 Å². The molecule has 2 rings (SSSR count). The molecule has 9 heteroatoms. The number of nitrogens with zero attached hydrogens (tertiary/aromatic N) is 3. The number of carbonyl (C=O) groups excluding carboxylic acids is 1. The largest absolute Gasteiger partial charge is 0.401 e. The Kier molecular flexibility index (Phi) is 8.19. The summed E-state index contributed by atoms with van der Waals surface area (Å²) in [5.41, 5.74) is 0. The lowest BCUT2D eigenvalue weighted by molar-refractivity contribution is -0.143. The molecule has 2 N–H and O–H groups in total. The van der Waals surface area contributed by atoms with Gasteiger partial charge in [0.2, 0.25) is 5.91 Å². The molecule has 2 fully saturated rings. The summed E-state index contributed by atoms with van der Waals surface area (Å²) in [5.74, 6) is 0.995. The van der Waals surface area contributed by atoms with Gasteiger partial charge in [0, 0.05) is 39.8 Å². The van der Waals surface area contributed by atoms with Crippen molar-refractivity contribution in [1.82, 2.24) is 20.4 Å². The first-order chi connectivity index (χ1) is 12.7. The average molecular weight is 391 g/mol. The van der Waals surface area contributed by atoms with Gasteiger partial charge in [-0.25, -0.2) is 4.99 Å². The van der Waals surface area contributed by atoms with Crippen LogP contribution in [0.3, 0.4) is 0 Å². The Morgan fingerprint density at radius 1 is 1.19 bits per heavy atom. The summed E-state index contributed by atoms with van der Waals surface area (Å²) in [5, 5.41) is 6.53. The topological polar surface area (TPSA) is 60.0 Å². The third-order valence-electron chi connectivity index (χ3n) is 5.17. The van der Waals surface area contributed by atoms with E-state index < -0.39 is 12.7 Å². The van der Waals surface area contributed by atoms with Crippen molar-refractivity contribution in [3.05, 3.63) is 0 Å². The van der Waals surface area contributed by atoms with Gasteiger partial charge >= 0.3 is 6.18 Å². The zero-order chi connectivity index (χ0) is 19.9. The van der Waals surface area contributed by atoms with Gasteiger partial charge in [-0.15, -0.1) is 0 Å². The Balaban J connectivity index is 1.88. The van der Waals surface area contributed by atoms with E-state index in [1.807, 2.05) is 0 Å². The summed E-state index contributed by atoms with van der Waals surface area (Å²) in [6.07, 6.45) is 2.56. The minimum atomic E-state index is -4.18. The summed E-state index contributed by atoms with van der Waals surface area (Å²) >= 11 is 0. The standard InChI is InChI=1S/C18H32F3N5O/c1-25(2)16(27)11-23-17(22-10-14-6-4-3-5-7-14)24-15-8-9-26(12-15)13-18(19,20)21/h14-15H,3-13H2,1-2H3,(H2,22,23,24). The van der Waals surface area contributed by atoms with Gasteiger partial charge in [0.05, 0.1) is 6.54 Å². The number of likely N-dealkylation sites (tertiary alicyclic amines) is 1. The lowest BCUT2D eigenvalue weighted by Crippen LogP contribution is -2.47. The normalized spacial score (nSPS) is 22.7. The van der Waals surface area contributed by atoms with Gasteiger partial charge in [-0.1, -0.05) is 19.3 Å². The second-order valence-corrected chi connectivity index (χ2v) is 7.82. The van der Waals surface area contributed by atoms with Crippen molar-refractivity contribution in [2.75, 3.05) is 46.8 Å². The first-order valence-electron chi connectivity index (χ1n) is 9.77. The zero-order valence-electron chi connectivity index (χ0n) is 16.3. The van der Waals surface area contributed by atoms with Crippen LogP contribution in [0.2, 0.25) is 0 Å². The number of nitrogens with one attached hydrogen (secondary N) is 2. The van der Waals surface area contributed by atoms with E-state index in [4.69, 9.17) is 0 Å². The second-order valence-electron chi connectivity index (χ2n) is 7.82. The molecule has 0 aromatic carbocycles. The maximum atomic E-state index is 12.6. The molecule has 0 aromatic rings. The third kappa shape index (κ3) is 8.36. The fraction of sp³-hybridized carbons (Fsp3) is 0.889. The molecule has 1 saturated heterocycles. The highest BCUT2D eigenvalue weighted by Crippen LogP contribution is 2.23. The Labute approximate surface area is 159 Å². The molecule has 1 amide bonds. The molecule has 1 aliphatic carbocycles. The maximum Gasteiger partial charge on any atom is 0.401 e. The minimum Gasteiger partial charge on any atom is -0.356 e. The molecule has 1 heterocycles. The highest BCUT2D eigenvalue weighted by atomic mass is 19.4. The number of amides is 1. The van der Waals surface area contributed by atoms with E-state index in [-0.39, 0.29) is 18.5 Å². The monoisotopic (exact) mass is 391 g/mol. The molecule has 1 saturated carbocycles. The number of guanidine groups is 1. The van der Waals surface area contributed by atoms with Crippen LogP contribution in [0.4, 0.5) is 13.2 Å². The van der Waals surface area contributed by atoms with Crippen molar-refractivity contribution >= 4 is 11.9 Å². The molecule has 0 bridgehead atoms. The molecule has 1 aliphatic heterocycles. The predicted octanol–water partition coefficient (Wildman–Crippen LogP) is 1.83. The van der Waals surface area contributed by atoms with Crippen LogP contribution in [0, 0.1) is 5.92 Å². The molecule has 6 nitrogen and oxygen atoms in total. The molecule has 0 radical (unpaired) electrons. The number of halogens is 3. The van der Waals surface area contributed by atoms with Gasteiger partial charge in [-0.05, 0) is 25.2 Å². The molecular formula is C18H32F3N5O. The summed E-state index contributed by atoms with van der Waals surface area (Å²) in [6.45, 7) is 0.647. The fourth-order valence-corrected chi connectivity index (χ4v) is 3.61. The molecule has 156 valence electrons. The van der Waals surface area contributed by atoms with Crippen LogP contribution in [0.1, 0.15) is 38.5 Å². The molecule has 2 aliphatic rings. The summed E-state index contributed by atoms with van der Waals surface area (Å²) in [7, 11) is 3.35. The van der Waals surface area contributed by atoms with Gasteiger partial charge in [0.25, 0.3) is 0 Å². The van der Waals surface area contributed by atoms with Gasteiger partial charge in [0.15, 0.2) is 5.96 Å². The molecule has 0 spiro atoms. The quantitative estimate of drug-likeness (QED) is 0.536. The number of carbonyl (C=O) groups is 1. The predicted molar refractivity (Wildman–Crippen MR) is 99.6 cm³/mol. The van der Waals surface area contributed by atoms with Crippen LogP contribution in [-0.2, 0) is 4.79 Å². The van der Waals surface area contributed by atoms with Crippen molar-refractivity contribution in [3.8, 4) is 0 Å². The van der Waals surface area contributed by atoms with Crippen molar-refractivity contribution in [2.45, 2.75) is 50.7 Å². The third-order valence-corrected chi connectivity index (χ3v) is 5.17. The van der Waals surface area contributed by atoms with E-state index in [0.29, 0.717) is 31.4 Å². The van der Waals surface area contributed by atoms with Crippen LogP contribution in [0.15, 0.2) is 4.99 Å². The fourth-order valence-electron chi connectivity index (χ4n) is 3.61. The highest BCUT2D eigenvalue weighted by molar-refractivity contribution is 5.85. The molecular weight excluding hydrogens is 359 g/mol. The first-order valence-corrected chi connectivity index (χ1v) is 9.77. The summed E-state index contributed by atoms with van der Waals surface area (Å²) < 4.78 is 37.7. The van der Waals surface area contributed by atoms with Gasteiger partial charge in [0.1, 0.15) is 6.54 Å². The van der Waals surface area contributed by atoms with Crippen LogP contribution < -0.4 is 10.6 Å². The Morgan fingerprint density at radius 3 is 2.52 bits per heavy atom. The minimum absolute atomic E-state index is 0.0198. The van der Waals surface area contributed by atoms with Gasteiger partial charge in [-0.2, -0.15) is 13.2 Å². The number of hydrogen-bond donors (Lipinski definition) is 2. The first kappa shape index (κ1) is 21.8. The second kappa shape index (κ2) is 10.1. The Hall–Kier alpha value is -1.51. The van der Waals surface area contributed by atoms with E-state index in [9.17, 15) is 18.0 Å². The van der Waals surface area contributed by atoms with E-state index >= 15 is 0 Å². The van der Waals surface area contributed by atoms with E-state index in [1.54, 1.807) is 14.1 Å². The van der Waals surface area contributed by atoms with E-state index in [1.165, 1.54) is 41.9 Å². The lowest BCUT2D eigenvalue weighted by Gasteiger charge is -2.24. The van der Waals surface area contributed by atoms with Crippen molar-refractivity contribution in [3.63, 3.8) is 0 Å². The van der Waals surface area contributed by atoms with Crippen molar-refractivity contribution in [1.29, 1.82) is 0 Å². The summed E-state index contributed by atoms with van der Waals surface area (Å²) in [4.78, 5) is 19.1. The van der Waals surface area contributed by atoms with Crippen molar-refractivity contribution in [2.24, 2.45) is 10.9 Å². The van der Waals surface area contributed by atoms with Crippen molar-refractivity contribution < 1.29 is 18.0 Å². The maximum absolute atomic E-state index is 12.6. The van der Waals surface area contributed by atoms with Crippen LogP contribution in [0.5, 0.6) is 0 Å². The molecule has 0 aromatic heterocycles. The Bertz CT molecular complexity index is 504. The lowest BCUT2D eigenvalue weighted by atomic mass is 9.89. The van der Waals surface area contributed by atoms with E-state index in [2.05, 4.69) is 15.6 Å². The number of aliphatic imine (C=N–C) groups is 1. The van der Waals surface area contributed by atoms with Gasteiger partial charge in [-0.3, -0.25) is 9.69 Å². The number of hydrogen-bond acceptors (Lipinski definition) is 3. The SMILES string of the molecule is CN(C)C(=O)CN=C(NCC1CCCCC1)NC1CCN(CC(F)(F)F)C1. The summed E-state index contributed by atoms with van der Waals surface area (Å²) in [6, 6.07) is -0.0978. The highest BCUT2D eigenvalue weighted by Gasteiger charge is 2.34. The Morgan fingerprint density at radius 2 is 1.89 bits per heavy atom. The molecule has 1 unspecified atom stereocenters. The molecule has 1 atom stereocenters. The zero-order valence-corrected chi connectivity index (χ0v) is 16.3. The smallest absolute Gasteiger partial charge is 0.356 e.